The number of hydrogen-bond donors (Lipinski definition) is 1. The Balaban J connectivity index is 1.47. The number of nitrogens with one attached hydrogen (secondary N) is 1. The van der Waals surface area contributed by atoms with Gasteiger partial charge in [0.2, 0.25) is 0 Å². The van der Waals surface area contributed by atoms with Crippen LogP contribution in [0.4, 0.5) is 5.82 Å². The average Bonchev–Trinajstić information content (AvgIpc) is 3.21. The molecule has 1 aliphatic rings. The van der Waals surface area contributed by atoms with Crippen LogP contribution in [-0.2, 0) is 13.1 Å². The summed E-state index contributed by atoms with van der Waals surface area (Å²) in [6.45, 7) is 10.1. The monoisotopic (exact) mass is 435 g/mol. The summed E-state index contributed by atoms with van der Waals surface area (Å²) in [6, 6.07) is 12.4. The Morgan fingerprint density at radius 1 is 1.16 bits per heavy atom. The Morgan fingerprint density at radius 2 is 1.94 bits per heavy atom. The summed E-state index contributed by atoms with van der Waals surface area (Å²) in [5.41, 5.74) is 3.19. The van der Waals surface area contributed by atoms with Crippen molar-refractivity contribution in [2.45, 2.75) is 26.9 Å². The van der Waals surface area contributed by atoms with Crippen LogP contribution in [-0.4, -0.2) is 72.7 Å². The van der Waals surface area contributed by atoms with Crippen LogP contribution in [0.3, 0.4) is 0 Å². The molecule has 3 heterocycles. The van der Waals surface area contributed by atoms with Gasteiger partial charge < -0.3 is 19.6 Å². The van der Waals surface area contributed by atoms with Gasteiger partial charge in [-0.05, 0) is 31.5 Å². The number of pyridine rings is 1. The number of piperazine rings is 1. The van der Waals surface area contributed by atoms with Gasteiger partial charge in [0.25, 0.3) is 0 Å². The van der Waals surface area contributed by atoms with E-state index in [2.05, 4.69) is 51.5 Å². The SMILES string of the molecule is CCNC(=NCc1cc(N(C)C)nc2ccccc12)N1CCN(Cc2cc(C)on2)CC1. The number of fused-ring (bicyclic) bond motifs is 1. The summed E-state index contributed by atoms with van der Waals surface area (Å²) < 4.78 is 5.20. The van der Waals surface area contributed by atoms with Gasteiger partial charge >= 0.3 is 0 Å². The van der Waals surface area contributed by atoms with Crippen LogP contribution in [0.25, 0.3) is 10.9 Å². The van der Waals surface area contributed by atoms with Crippen LogP contribution in [0.15, 0.2) is 45.9 Å². The maximum atomic E-state index is 5.20. The van der Waals surface area contributed by atoms with Crippen LogP contribution in [0.2, 0.25) is 0 Å². The van der Waals surface area contributed by atoms with E-state index < -0.39 is 0 Å². The molecule has 2 aromatic heterocycles. The second-order valence-electron chi connectivity index (χ2n) is 8.41. The van der Waals surface area contributed by atoms with Crippen molar-refractivity contribution >= 4 is 22.7 Å². The van der Waals surface area contributed by atoms with Crippen LogP contribution >= 0.6 is 0 Å². The van der Waals surface area contributed by atoms with Crippen molar-refractivity contribution in [3.05, 3.63) is 53.4 Å². The highest BCUT2D eigenvalue weighted by molar-refractivity contribution is 5.85. The van der Waals surface area contributed by atoms with Crippen molar-refractivity contribution in [3.63, 3.8) is 0 Å². The summed E-state index contributed by atoms with van der Waals surface area (Å²) >= 11 is 0. The van der Waals surface area contributed by atoms with E-state index in [0.29, 0.717) is 6.54 Å². The van der Waals surface area contributed by atoms with E-state index in [0.717, 1.165) is 73.4 Å². The molecule has 170 valence electrons. The Kier molecular flexibility index (Phi) is 6.90. The van der Waals surface area contributed by atoms with Crippen LogP contribution in [0.1, 0.15) is 23.9 Å². The number of benzene rings is 1. The standard InChI is InChI=1S/C24H33N7O/c1-5-25-24(31-12-10-30(11-13-31)17-20-14-18(2)32-28-20)26-16-19-15-23(29(3)4)27-22-9-7-6-8-21(19)22/h6-9,14-15H,5,10-13,16-17H2,1-4H3,(H,25,26). The second-order valence-corrected chi connectivity index (χ2v) is 8.41. The van der Waals surface area contributed by atoms with Gasteiger partial charge in [0.15, 0.2) is 5.96 Å². The smallest absolute Gasteiger partial charge is 0.194 e. The van der Waals surface area contributed by atoms with E-state index >= 15 is 0 Å². The lowest BCUT2D eigenvalue weighted by atomic mass is 10.1. The number of aryl methyl sites for hydroxylation is 1. The number of hydrogen-bond acceptors (Lipinski definition) is 6. The molecular weight excluding hydrogens is 402 g/mol. The van der Waals surface area contributed by atoms with E-state index in [1.54, 1.807) is 0 Å². The largest absolute Gasteiger partial charge is 0.363 e. The van der Waals surface area contributed by atoms with E-state index in [9.17, 15) is 0 Å². The number of anilines is 1. The van der Waals surface area contributed by atoms with Crippen molar-refractivity contribution in [1.82, 2.24) is 25.3 Å². The zero-order chi connectivity index (χ0) is 22.5. The van der Waals surface area contributed by atoms with Crippen molar-refractivity contribution in [2.24, 2.45) is 4.99 Å². The molecule has 1 saturated heterocycles. The third-order valence-corrected chi connectivity index (χ3v) is 5.71. The first kappa shape index (κ1) is 22.1. The molecule has 0 saturated carbocycles. The van der Waals surface area contributed by atoms with E-state index in [1.807, 2.05) is 38.1 Å². The molecule has 8 nitrogen and oxygen atoms in total. The molecule has 0 spiro atoms. The minimum absolute atomic E-state index is 0.616. The quantitative estimate of drug-likeness (QED) is 0.471. The predicted octanol–water partition coefficient (Wildman–Crippen LogP) is 2.88. The van der Waals surface area contributed by atoms with E-state index in [1.165, 1.54) is 5.56 Å². The lowest BCUT2D eigenvalue weighted by Crippen LogP contribution is -2.52. The lowest BCUT2D eigenvalue weighted by Gasteiger charge is -2.36. The number of nitrogens with zero attached hydrogens (tertiary/aromatic N) is 6. The highest BCUT2D eigenvalue weighted by Gasteiger charge is 2.20. The first-order chi connectivity index (χ1) is 15.5. The molecule has 32 heavy (non-hydrogen) atoms. The highest BCUT2D eigenvalue weighted by Crippen LogP contribution is 2.23. The minimum Gasteiger partial charge on any atom is -0.363 e. The van der Waals surface area contributed by atoms with E-state index in [4.69, 9.17) is 14.5 Å². The fourth-order valence-electron chi connectivity index (χ4n) is 4.02. The van der Waals surface area contributed by atoms with Gasteiger partial charge in [-0.25, -0.2) is 9.98 Å². The number of para-hydroxylation sites is 1. The van der Waals surface area contributed by atoms with Crippen molar-refractivity contribution in [3.8, 4) is 0 Å². The van der Waals surface area contributed by atoms with Crippen molar-refractivity contribution in [2.75, 3.05) is 51.7 Å². The maximum Gasteiger partial charge on any atom is 0.194 e. The van der Waals surface area contributed by atoms with Crippen molar-refractivity contribution in [1.29, 1.82) is 0 Å². The number of guanidine groups is 1. The molecule has 0 amide bonds. The molecule has 1 aliphatic heterocycles. The van der Waals surface area contributed by atoms with Gasteiger partial charge in [-0.15, -0.1) is 0 Å². The molecule has 4 rings (SSSR count). The predicted molar refractivity (Wildman–Crippen MR) is 129 cm³/mol. The molecule has 1 N–H and O–H groups in total. The normalized spacial score (nSPS) is 15.4. The number of aromatic nitrogens is 2. The van der Waals surface area contributed by atoms with Crippen LogP contribution < -0.4 is 10.2 Å². The Labute approximate surface area is 189 Å². The summed E-state index contributed by atoms with van der Waals surface area (Å²) in [5.74, 6) is 2.79. The highest BCUT2D eigenvalue weighted by atomic mass is 16.5. The Morgan fingerprint density at radius 3 is 2.62 bits per heavy atom. The first-order valence-electron chi connectivity index (χ1n) is 11.3. The fourth-order valence-corrected chi connectivity index (χ4v) is 4.02. The summed E-state index contributed by atoms with van der Waals surface area (Å²) in [6.07, 6.45) is 0. The molecule has 8 heteroatoms. The molecule has 0 unspecified atom stereocenters. The summed E-state index contributed by atoms with van der Waals surface area (Å²) in [7, 11) is 4.04. The van der Waals surface area contributed by atoms with Gasteiger partial charge in [0.1, 0.15) is 11.6 Å². The average molecular weight is 436 g/mol. The fraction of sp³-hybridized carbons (Fsp3) is 0.458. The van der Waals surface area contributed by atoms with Crippen molar-refractivity contribution < 1.29 is 4.52 Å². The molecule has 0 radical (unpaired) electrons. The van der Waals surface area contributed by atoms with Gasteiger partial charge in [-0.1, -0.05) is 23.4 Å². The third-order valence-electron chi connectivity index (χ3n) is 5.71. The zero-order valence-corrected chi connectivity index (χ0v) is 19.5. The molecule has 0 atom stereocenters. The van der Waals surface area contributed by atoms with Gasteiger partial charge in [-0.3, -0.25) is 4.90 Å². The van der Waals surface area contributed by atoms with Crippen LogP contribution in [0.5, 0.6) is 0 Å². The lowest BCUT2D eigenvalue weighted by molar-refractivity contribution is 0.169. The molecule has 1 fully saturated rings. The topological polar surface area (TPSA) is 73.0 Å². The summed E-state index contributed by atoms with van der Waals surface area (Å²) in [5, 5.41) is 8.76. The molecule has 0 aliphatic carbocycles. The maximum absolute atomic E-state index is 5.20. The number of aliphatic imine (C=N–C) groups is 1. The Bertz CT molecular complexity index is 1070. The number of rotatable bonds is 6. The minimum atomic E-state index is 0.616. The molecule has 0 bridgehead atoms. The zero-order valence-electron chi connectivity index (χ0n) is 19.5. The first-order valence-corrected chi connectivity index (χ1v) is 11.3. The molecule has 1 aromatic carbocycles. The van der Waals surface area contributed by atoms with Gasteiger partial charge in [0.05, 0.1) is 17.8 Å². The molecular formula is C24H33N7O. The van der Waals surface area contributed by atoms with Crippen LogP contribution in [0, 0.1) is 6.92 Å². The Hall–Kier alpha value is -3.13. The molecule has 3 aromatic rings. The van der Waals surface area contributed by atoms with Gasteiger partial charge in [0, 0.05) is 64.8 Å². The third kappa shape index (κ3) is 5.19. The van der Waals surface area contributed by atoms with E-state index in [-0.39, 0.29) is 0 Å². The summed E-state index contributed by atoms with van der Waals surface area (Å²) in [4.78, 5) is 16.6. The van der Waals surface area contributed by atoms with Gasteiger partial charge in [-0.2, -0.15) is 0 Å². The second kappa shape index (κ2) is 9.99.